The molecule has 2 aromatic rings. The Bertz CT molecular complexity index is 782. The van der Waals surface area contributed by atoms with Gasteiger partial charge in [0, 0.05) is 22.3 Å². The maximum Gasteiger partial charge on any atom is 0.355 e. The molecule has 1 N–H and O–H groups in total. The van der Waals surface area contributed by atoms with Crippen LogP contribution in [0.5, 0.6) is 0 Å². The van der Waals surface area contributed by atoms with E-state index in [1.807, 2.05) is 0 Å². The number of Topliss-reactive ketones (excluding diaryl/α,β-unsaturated/α-hetero) is 1. The van der Waals surface area contributed by atoms with Crippen LogP contribution in [0.15, 0.2) is 10.2 Å². The van der Waals surface area contributed by atoms with Crippen LogP contribution in [0.2, 0.25) is 0 Å². The van der Waals surface area contributed by atoms with Gasteiger partial charge in [-0.15, -0.1) is 0 Å². The van der Waals surface area contributed by atoms with Crippen LogP contribution in [0, 0.1) is 20.8 Å². The highest BCUT2D eigenvalue weighted by Gasteiger charge is 2.23. The van der Waals surface area contributed by atoms with E-state index in [1.54, 1.807) is 33.1 Å². The van der Waals surface area contributed by atoms with Gasteiger partial charge < -0.3 is 9.72 Å². The second-order valence-electron chi connectivity index (χ2n) is 5.00. The van der Waals surface area contributed by atoms with Gasteiger partial charge in [-0.3, -0.25) is 14.2 Å². The van der Waals surface area contributed by atoms with E-state index in [-0.39, 0.29) is 29.5 Å². The number of ether oxygens (including phenoxy) is 1. The number of rotatable bonds is 5. The number of ketones is 1. The molecule has 22 heavy (non-hydrogen) atoms. The number of aromatic nitrogens is 2. The molecule has 0 saturated carbocycles. The van der Waals surface area contributed by atoms with Crippen molar-refractivity contribution in [2.24, 2.45) is 0 Å². The normalized spacial score (nSPS) is 10.7. The van der Waals surface area contributed by atoms with Gasteiger partial charge in [0.25, 0.3) is 0 Å². The summed E-state index contributed by atoms with van der Waals surface area (Å²) in [6.07, 6.45) is 0. The molecule has 6 nitrogen and oxygen atoms in total. The maximum atomic E-state index is 12.5. The maximum absolute atomic E-state index is 12.5. The summed E-state index contributed by atoms with van der Waals surface area (Å²) in [5, 5.41) is 1.72. The molecule has 0 saturated heterocycles. The van der Waals surface area contributed by atoms with Gasteiger partial charge in [-0.2, -0.15) is 0 Å². The minimum absolute atomic E-state index is 0.0318. The second kappa shape index (κ2) is 6.31. The minimum atomic E-state index is -0.481. The monoisotopic (exact) mass is 322 g/mol. The summed E-state index contributed by atoms with van der Waals surface area (Å²) in [6, 6.07) is 0. The van der Waals surface area contributed by atoms with Gasteiger partial charge in [-0.1, -0.05) is 11.3 Å². The van der Waals surface area contributed by atoms with Crippen molar-refractivity contribution in [1.29, 1.82) is 0 Å². The molecule has 0 spiro atoms. The first kappa shape index (κ1) is 16.2. The van der Waals surface area contributed by atoms with Crippen molar-refractivity contribution in [3.63, 3.8) is 0 Å². The predicted octanol–water partition coefficient (Wildman–Crippen LogP) is 2.22. The summed E-state index contributed by atoms with van der Waals surface area (Å²) in [4.78, 5) is 38.9. The van der Waals surface area contributed by atoms with Crippen LogP contribution >= 0.6 is 11.3 Å². The molecule has 2 rings (SSSR count). The van der Waals surface area contributed by atoms with E-state index in [0.717, 1.165) is 17.0 Å². The summed E-state index contributed by atoms with van der Waals surface area (Å²) in [7, 11) is 0. The standard InChI is InChI=1S/C15H18N2O4S/c1-5-21-14(19)13-9(3)12(10(4)16-13)11(18)6-17-8(2)7-22-15(17)20/h7,16H,5-6H2,1-4H3. The molecule has 2 aromatic heterocycles. The molecule has 0 aliphatic heterocycles. The van der Waals surface area contributed by atoms with Gasteiger partial charge in [-0.05, 0) is 33.3 Å². The van der Waals surface area contributed by atoms with Crippen molar-refractivity contribution in [2.75, 3.05) is 6.61 Å². The summed E-state index contributed by atoms with van der Waals surface area (Å²) in [6.45, 7) is 7.17. The first-order chi connectivity index (χ1) is 10.4. The lowest BCUT2D eigenvalue weighted by atomic mass is 10.1. The van der Waals surface area contributed by atoms with Crippen LogP contribution in [0.4, 0.5) is 0 Å². The highest BCUT2D eigenvalue weighted by atomic mass is 32.1. The van der Waals surface area contributed by atoms with E-state index in [9.17, 15) is 14.4 Å². The van der Waals surface area contributed by atoms with Crippen LogP contribution in [-0.2, 0) is 11.3 Å². The molecular weight excluding hydrogens is 304 g/mol. The van der Waals surface area contributed by atoms with Gasteiger partial charge in [0.1, 0.15) is 5.69 Å². The smallest absolute Gasteiger partial charge is 0.355 e. The van der Waals surface area contributed by atoms with Gasteiger partial charge in [0.2, 0.25) is 0 Å². The predicted molar refractivity (Wildman–Crippen MR) is 83.9 cm³/mol. The van der Waals surface area contributed by atoms with E-state index in [4.69, 9.17) is 4.74 Å². The number of hydrogen-bond donors (Lipinski definition) is 1. The Hall–Kier alpha value is -2.15. The third-order valence-corrected chi connectivity index (χ3v) is 4.36. The largest absolute Gasteiger partial charge is 0.461 e. The first-order valence-electron chi connectivity index (χ1n) is 6.91. The molecule has 0 aliphatic rings. The molecule has 0 aromatic carbocycles. The highest BCUT2D eigenvalue weighted by molar-refractivity contribution is 7.07. The summed E-state index contributed by atoms with van der Waals surface area (Å²) < 4.78 is 6.40. The summed E-state index contributed by atoms with van der Waals surface area (Å²) in [5.74, 6) is -0.684. The molecule has 0 fully saturated rings. The number of carbonyl (C=O) groups is 2. The van der Waals surface area contributed by atoms with E-state index < -0.39 is 5.97 Å². The van der Waals surface area contributed by atoms with Crippen LogP contribution in [0.1, 0.15) is 44.7 Å². The lowest BCUT2D eigenvalue weighted by Crippen LogP contribution is -2.21. The fraction of sp³-hybridized carbons (Fsp3) is 0.400. The van der Waals surface area contributed by atoms with Gasteiger partial charge in [0.05, 0.1) is 13.2 Å². The third-order valence-electron chi connectivity index (χ3n) is 3.47. The van der Waals surface area contributed by atoms with Crippen LogP contribution < -0.4 is 4.87 Å². The van der Waals surface area contributed by atoms with Crippen molar-refractivity contribution in [1.82, 2.24) is 9.55 Å². The van der Waals surface area contributed by atoms with Crippen molar-refractivity contribution < 1.29 is 14.3 Å². The Kier molecular flexibility index (Phi) is 4.65. The lowest BCUT2D eigenvalue weighted by molar-refractivity contribution is 0.0519. The second-order valence-corrected chi connectivity index (χ2v) is 5.82. The van der Waals surface area contributed by atoms with E-state index in [2.05, 4.69) is 4.98 Å². The van der Waals surface area contributed by atoms with E-state index >= 15 is 0 Å². The number of aromatic amines is 1. The Morgan fingerprint density at radius 3 is 2.55 bits per heavy atom. The number of aryl methyl sites for hydroxylation is 2. The quantitative estimate of drug-likeness (QED) is 0.676. The Balaban J connectivity index is 2.35. The van der Waals surface area contributed by atoms with Gasteiger partial charge in [-0.25, -0.2) is 4.79 Å². The molecule has 0 aliphatic carbocycles. The van der Waals surface area contributed by atoms with Gasteiger partial charge >= 0.3 is 10.8 Å². The van der Waals surface area contributed by atoms with Crippen LogP contribution in [-0.4, -0.2) is 27.9 Å². The highest BCUT2D eigenvalue weighted by Crippen LogP contribution is 2.20. The number of nitrogens with zero attached hydrogens (tertiary/aromatic N) is 1. The van der Waals surface area contributed by atoms with Crippen molar-refractivity contribution in [3.05, 3.63) is 43.3 Å². The molecular formula is C15H18N2O4S. The molecule has 0 atom stereocenters. The number of hydrogen-bond acceptors (Lipinski definition) is 5. The number of nitrogens with one attached hydrogen (secondary N) is 1. The molecule has 2 heterocycles. The number of esters is 1. The SMILES string of the molecule is CCOC(=O)c1[nH]c(C)c(C(=O)Cn2c(C)csc2=O)c1C. The fourth-order valence-corrected chi connectivity index (χ4v) is 3.13. The molecule has 0 bridgehead atoms. The van der Waals surface area contributed by atoms with E-state index in [1.165, 1.54) is 4.57 Å². The Labute approximate surface area is 131 Å². The lowest BCUT2D eigenvalue weighted by Gasteiger charge is -2.05. The summed E-state index contributed by atoms with van der Waals surface area (Å²) in [5.41, 5.74) is 2.64. The Morgan fingerprint density at radius 2 is 2.00 bits per heavy atom. The minimum Gasteiger partial charge on any atom is -0.461 e. The zero-order valence-corrected chi connectivity index (χ0v) is 13.8. The van der Waals surface area contributed by atoms with E-state index in [0.29, 0.717) is 16.8 Å². The topological polar surface area (TPSA) is 81.2 Å². The fourth-order valence-electron chi connectivity index (χ4n) is 2.39. The third kappa shape index (κ3) is 2.89. The average molecular weight is 322 g/mol. The van der Waals surface area contributed by atoms with Crippen LogP contribution in [0.25, 0.3) is 0 Å². The molecule has 0 radical (unpaired) electrons. The molecule has 7 heteroatoms. The zero-order chi connectivity index (χ0) is 16.4. The number of carbonyl (C=O) groups excluding carboxylic acids is 2. The van der Waals surface area contributed by atoms with Gasteiger partial charge in [0.15, 0.2) is 5.78 Å². The van der Waals surface area contributed by atoms with Crippen LogP contribution in [0.3, 0.4) is 0 Å². The molecule has 118 valence electrons. The summed E-state index contributed by atoms with van der Waals surface area (Å²) >= 11 is 1.07. The van der Waals surface area contributed by atoms with Crippen molar-refractivity contribution in [3.8, 4) is 0 Å². The molecule has 0 unspecified atom stereocenters. The van der Waals surface area contributed by atoms with Crippen molar-refractivity contribution >= 4 is 23.1 Å². The first-order valence-corrected chi connectivity index (χ1v) is 7.79. The molecule has 0 amide bonds. The average Bonchev–Trinajstić information content (AvgIpc) is 2.92. The zero-order valence-electron chi connectivity index (χ0n) is 13.0. The number of thiazole rings is 1. The van der Waals surface area contributed by atoms with Crippen molar-refractivity contribution in [2.45, 2.75) is 34.2 Å². The Morgan fingerprint density at radius 1 is 1.32 bits per heavy atom. The number of H-pyrrole nitrogens is 1.